The van der Waals surface area contributed by atoms with E-state index in [1.54, 1.807) is 13.0 Å². The molecule has 0 saturated carbocycles. The Labute approximate surface area is 88.6 Å². The molecule has 0 aromatic heterocycles. The number of morpholine rings is 1. The first-order valence-electron chi connectivity index (χ1n) is 4.79. The summed E-state index contributed by atoms with van der Waals surface area (Å²) in [5, 5.41) is 0. The molecule has 84 valence electrons. The van der Waals surface area contributed by atoms with Crippen LogP contribution in [0.3, 0.4) is 0 Å². The summed E-state index contributed by atoms with van der Waals surface area (Å²) in [6.07, 6.45) is 3.08. The lowest BCUT2D eigenvalue weighted by Gasteiger charge is -2.32. The van der Waals surface area contributed by atoms with Gasteiger partial charge in [0.25, 0.3) is 0 Å². The number of allylic oxidation sites excluding steroid dienone is 1. The van der Waals surface area contributed by atoms with Gasteiger partial charge in [-0.05, 0) is 13.0 Å². The monoisotopic (exact) mass is 213 g/mol. The summed E-state index contributed by atoms with van der Waals surface area (Å²) in [4.78, 5) is 24.4. The van der Waals surface area contributed by atoms with E-state index in [1.165, 1.54) is 18.1 Å². The number of methoxy groups -OCH3 is 1. The van der Waals surface area contributed by atoms with Crippen molar-refractivity contribution >= 4 is 11.9 Å². The molecule has 1 aliphatic rings. The van der Waals surface area contributed by atoms with Gasteiger partial charge in [0.1, 0.15) is 0 Å². The number of amides is 1. The van der Waals surface area contributed by atoms with E-state index < -0.39 is 12.0 Å². The maximum absolute atomic E-state index is 11.6. The fraction of sp³-hybridized carbons (Fsp3) is 0.600. The summed E-state index contributed by atoms with van der Waals surface area (Å²) in [6, 6.07) is -0.618. The van der Waals surface area contributed by atoms with E-state index in [1.807, 2.05) is 0 Å². The van der Waals surface area contributed by atoms with E-state index in [-0.39, 0.29) is 12.5 Å². The number of rotatable bonds is 2. The second kappa shape index (κ2) is 5.50. The Hall–Kier alpha value is -1.36. The molecule has 0 radical (unpaired) electrons. The maximum atomic E-state index is 11.6. The molecular formula is C10H15NO4. The number of hydrogen-bond donors (Lipinski definition) is 0. The Morgan fingerprint density at radius 3 is 2.87 bits per heavy atom. The molecule has 0 aliphatic carbocycles. The van der Waals surface area contributed by atoms with Crippen LogP contribution in [0.2, 0.25) is 0 Å². The Balaban J connectivity index is 2.73. The molecule has 5 nitrogen and oxygen atoms in total. The normalized spacial score (nSPS) is 21.7. The highest BCUT2D eigenvalue weighted by atomic mass is 16.5. The van der Waals surface area contributed by atoms with Gasteiger partial charge >= 0.3 is 5.97 Å². The number of carbonyl (C=O) groups excluding carboxylic acids is 2. The van der Waals surface area contributed by atoms with Crippen LogP contribution in [0.5, 0.6) is 0 Å². The van der Waals surface area contributed by atoms with Crippen LogP contribution in [-0.2, 0) is 19.1 Å². The van der Waals surface area contributed by atoms with Crippen LogP contribution in [0.4, 0.5) is 0 Å². The molecule has 0 N–H and O–H groups in total. The van der Waals surface area contributed by atoms with E-state index in [0.29, 0.717) is 13.2 Å². The third-order valence-electron chi connectivity index (χ3n) is 2.19. The zero-order valence-corrected chi connectivity index (χ0v) is 8.93. The number of carbonyl (C=O) groups is 2. The zero-order valence-electron chi connectivity index (χ0n) is 8.93. The molecule has 1 aliphatic heterocycles. The molecular weight excluding hydrogens is 198 g/mol. The van der Waals surface area contributed by atoms with E-state index in [9.17, 15) is 9.59 Å². The quantitative estimate of drug-likeness (QED) is 0.477. The second-order valence-electron chi connectivity index (χ2n) is 3.15. The van der Waals surface area contributed by atoms with Gasteiger partial charge in [0.05, 0.1) is 20.3 Å². The van der Waals surface area contributed by atoms with Crippen LogP contribution in [0.1, 0.15) is 6.92 Å². The average Bonchev–Trinajstić information content (AvgIpc) is 2.28. The highest BCUT2D eigenvalue weighted by molar-refractivity contribution is 5.91. The van der Waals surface area contributed by atoms with Gasteiger partial charge in [-0.3, -0.25) is 4.79 Å². The van der Waals surface area contributed by atoms with Gasteiger partial charge in [-0.2, -0.15) is 0 Å². The van der Waals surface area contributed by atoms with Crippen LogP contribution in [0, 0.1) is 0 Å². The molecule has 15 heavy (non-hydrogen) atoms. The van der Waals surface area contributed by atoms with Crippen molar-refractivity contribution in [3.8, 4) is 0 Å². The lowest BCUT2D eigenvalue weighted by atomic mass is 10.2. The minimum absolute atomic E-state index is 0.184. The summed E-state index contributed by atoms with van der Waals surface area (Å²) < 4.78 is 9.76. The fourth-order valence-electron chi connectivity index (χ4n) is 1.44. The molecule has 0 aromatic rings. The Morgan fingerprint density at radius 1 is 1.53 bits per heavy atom. The van der Waals surface area contributed by atoms with E-state index in [2.05, 4.69) is 4.74 Å². The molecule has 1 rings (SSSR count). The Morgan fingerprint density at radius 2 is 2.27 bits per heavy atom. The highest BCUT2D eigenvalue weighted by Crippen LogP contribution is 2.09. The summed E-state index contributed by atoms with van der Waals surface area (Å²) in [5.41, 5.74) is 0. The smallest absolute Gasteiger partial charge is 0.331 e. The standard InChI is InChI=1S/C10H15NO4/c1-3-4-9(12)11-5-6-15-7-8(11)10(13)14-2/h3-4,8H,5-7H2,1-2H3/b4-3+. The van der Waals surface area contributed by atoms with Gasteiger partial charge in [0, 0.05) is 6.54 Å². The zero-order chi connectivity index (χ0) is 11.3. The summed E-state index contributed by atoms with van der Waals surface area (Å²) in [5.74, 6) is -0.622. The first-order chi connectivity index (χ1) is 7.20. The lowest BCUT2D eigenvalue weighted by molar-refractivity contribution is -0.158. The van der Waals surface area contributed by atoms with Gasteiger partial charge in [0.2, 0.25) is 5.91 Å². The van der Waals surface area contributed by atoms with Gasteiger partial charge in [-0.15, -0.1) is 0 Å². The molecule has 1 fully saturated rings. The van der Waals surface area contributed by atoms with Crippen molar-refractivity contribution in [2.75, 3.05) is 26.9 Å². The van der Waals surface area contributed by atoms with E-state index in [4.69, 9.17) is 4.74 Å². The van der Waals surface area contributed by atoms with Crippen molar-refractivity contribution in [1.82, 2.24) is 4.90 Å². The number of esters is 1. The van der Waals surface area contributed by atoms with Crippen LogP contribution >= 0.6 is 0 Å². The minimum atomic E-state index is -0.618. The van der Waals surface area contributed by atoms with Crippen LogP contribution < -0.4 is 0 Å². The summed E-state index contributed by atoms with van der Waals surface area (Å²) >= 11 is 0. The maximum Gasteiger partial charge on any atom is 0.331 e. The predicted octanol–water partition coefficient (Wildman–Crippen LogP) is -0.0371. The van der Waals surface area contributed by atoms with Crippen molar-refractivity contribution in [1.29, 1.82) is 0 Å². The first kappa shape index (κ1) is 11.7. The van der Waals surface area contributed by atoms with Crippen molar-refractivity contribution in [3.05, 3.63) is 12.2 Å². The van der Waals surface area contributed by atoms with Gasteiger partial charge in [-0.1, -0.05) is 6.08 Å². The minimum Gasteiger partial charge on any atom is -0.467 e. The molecule has 1 amide bonds. The number of ether oxygens (including phenoxy) is 2. The number of hydrogen-bond acceptors (Lipinski definition) is 4. The van der Waals surface area contributed by atoms with E-state index >= 15 is 0 Å². The summed E-state index contributed by atoms with van der Waals surface area (Å²) in [6.45, 7) is 2.83. The molecule has 5 heteroatoms. The predicted molar refractivity (Wildman–Crippen MR) is 53.2 cm³/mol. The molecule has 0 bridgehead atoms. The SMILES string of the molecule is C/C=C/C(=O)N1CCOCC1C(=O)OC. The third kappa shape index (κ3) is 2.79. The van der Waals surface area contributed by atoms with Crippen molar-refractivity contribution in [2.24, 2.45) is 0 Å². The first-order valence-corrected chi connectivity index (χ1v) is 4.79. The van der Waals surface area contributed by atoms with Crippen molar-refractivity contribution in [3.63, 3.8) is 0 Å². The molecule has 0 aromatic carbocycles. The fourth-order valence-corrected chi connectivity index (χ4v) is 1.44. The van der Waals surface area contributed by atoms with Crippen molar-refractivity contribution < 1.29 is 19.1 Å². The van der Waals surface area contributed by atoms with Gasteiger partial charge in [0.15, 0.2) is 6.04 Å². The molecule has 1 atom stereocenters. The van der Waals surface area contributed by atoms with Crippen LogP contribution in [-0.4, -0.2) is 49.7 Å². The topological polar surface area (TPSA) is 55.8 Å². The van der Waals surface area contributed by atoms with E-state index in [0.717, 1.165) is 0 Å². The second-order valence-corrected chi connectivity index (χ2v) is 3.15. The van der Waals surface area contributed by atoms with Gasteiger partial charge in [-0.25, -0.2) is 4.79 Å². The highest BCUT2D eigenvalue weighted by Gasteiger charge is 2.32. The Bertz CT molecular complexity index is 275. The average molecular weight is 213 g/mol. The molecule has 1 heterocycles. The van der Waals surface area contributed by atoms with Gasteiger partial charge < -0.3 is 14.4 Å². The molecule has 0 spiro atoms. The Kier molecular flexibility index (Phi) is 4.30. The summed E-state index contributed by atoms with van der Waals surface area (Å²) in [7, 11) is 1.30. The molecule has 1 saturated heterocycles. The van der Waals surface area contributed by atoms with Crippen molar-refractivity contribution in [2.45, 2.75) is 13.0 Å². The van der Waals surface area contributed by atoms with Crippen LogP contribution in [0.25, 0.3) is 0 Å². The van der Waals surface area contributed by atoms with Crippen LogP contribution in [0.15, 0.2) is 12.2 Å². The third-order valence-corrected chi connectivity index (χ3v) is 2.19. The largest absolute Gasteiger partial charge is 0.467 e. The lowest BCUT2D eigenvalue weighted by Crippen LogP contribution is -2.52. The number of nitrogens with zero attached hydrogens (tertiary/aromatic N) is 1. The molecule has 1 unspecified atom stereocenters.